The molecule has 38 heavy (non-hydrogen) atoms. The van der Waals surface area contributed by atoms with Crippen LogP contribution in [-0.4, -0.2) is 15.9 Å². The maximum Gasteiger partial charge on any atom is 0.229 e. The number of benzene rings is 2. The summed E-state index contributed by atoms with van der Waals surface area (Å²) in [6, 6.07) is 8.34. The summed E-state index contributed by atoms with van der Waals surface area (Å²) in [6.07, 6.45) is 9.55. The second kappa shape index (κ2) is 8.92. The monoisotopic (exact) mass is 517 g/mol. The van der Waals surface area contributed by atoms with Gasteiger partial charge in [-0.25, -0.2) is 23.1 Å². The predicted octanol–water partition coefficient (Wildman–Crippen LogP) is 6.60. The number of nitrogens with zero attached hydrogens (tertiary/aromatic N) is 2. The molecule has 1 heterocycles. The minimum Gasteiger partial charge on any atom is -0.309 e. The molecule has 2 aromatic carbocycles. The van der Waals surface area contributed by atoms with Crippen LogP contribution >= 0.6 is 0 Å². The summed E-state index contributed by atoms with van der Waals surface area (Å²) >= 11 is 0. The topological polar surface area (TPSA) is 54.9 Å². The van der Waals surface area contributed by atoms with Crippen molar-refractivity contribution in [3.63, 3.8) is 0 Å². The molecule has 4 nitrogen and oxygen atoms in total. The molecule has 5 aliphatic rings. The standard InChI is InChI=1S/C31H30F3N3O/c32-22-3-4-23-21(12-22)2-6-26-29(23)35-27(16-31-13-18-7-19(14-31)9-20(8-18)15-31)30(36-26)37-28(38)11-17-1-5-24(33)25(34)10-17/h1,3-5,10,12,18-20H,2,6-9,11,13-16H2,(H,36,37,38). The van der Waals surface area contributed by atoms with Crippen LogP contribution in [0, 0.1) is 40.6 Å². The molecule has 5 aliphatic carbocycles. The maximum atomic E-state index is 13.9. The van der Waals surface area contributed by atoms with Crippen molar-refractivity contribution < 1.29 is 18.0 Å². The van der Waals surface area contributed by atoms with Gasteiger partial charge >= 0.3 is 0 Å². The van der Waals surface area contributed by atoms with Gasteiger partial charge in [-0.2, -0.15) is 0 Å². The summed E-state index contributed by atoms with van der Waals surface area (Å²) in [5.41, 5.74) is 4.77. The van der Waals surface area contributed by atoms with Crippen molar-refractivity contribution in [3.8, 4) is 11.3 Å². The van der Waals surface area contributed by atoms with E-state index >= 15 is 0 Å². The van der Waals surface area contributed by atoms with E-state index in [1.165, 1.54) is 50.7 Å². The highest BCUT2D eigenvalue weighted by molar-refractivity contribution is 5.92. The molecule has 0 atom stereocenters. The van der Waals surface area contributed by atoms with Crippen LogP contribution in [-0.2, 0) is 30.5 Å². The molecule has 4 fully saturated rings. The number of anilines is 1. The minimum absolute atomic E-state index is 0.0884. The molecule has 0 spiro atoms. The van der Waals surface area contributed by atoms with Gasteiger partial charge in [0.2, 0.25) is 5.91 Å². The largest absolute Gasteiger partial charge is 0.309 e. The Balaban J connectivity index is 1.24. The lowest BCUT2D eigenvalue weighted by molar-refractivity contribution is -0.115. The van der Waals surface area contributed by atoms with Crippen LogP contribution in [0.1, 0.15) is 61.0 Å². The Morgan fingerprint density at radius 3 is 2.34 bits per heavy atom. The molecule has 0 saturated heterocycles. The van der Waals surface area contributed by atoms with E-state index in [1.807, 2.05) is 0 Å². The molecule has 0 aliphatic heterocycles. The fraction of sp³-hybridized carbons (Fsp3) is 0.452. The SMILES string of the molecule is O=C(Cc1ccc(F)c(F)c1)Nc1nc2c(nc1CC13CC4CC(CC(C4)C1)C3)-c1ccc(F)cc1CC2. The van der Waals surface area contributed by atoms with Gasteiger partial charge in [-0.15, -0.1) is 0 Å². The summed E-state index contributed by atoms with van der Waals surface area (Å²) in [7, 11) is 0. The first-order valence-corrected chi connectivity index (χ1v) is 13.7. The lowest BCUT2D eigenvalue weighted by Crippen LogP contribution is -2.47. The number of rotatable bonds is 5. The van der Waals surface area contributed by atoms with Gasteiger partial charge in [0, 0.05) is 5.56 Å². The summed E-state index contributed by atoms with van der Waals surface area (Å²) in [5, 5.41) is 2.97. The molecule has 7 heteroatoms. The average molecular weight is 518 g/mol. The number of carbonyl (C=O) groups excluding carboxylic acids is 1. The molecule has 4 bridgehead atoms. The van der Waals surface area contributed by atoms with Gasteiger partial charge in [0.25, 0.3) is 0 Å². The van der Waals surface area contributed by atoms with Crippen molar-refractivity contribution in [2.24, 2.45) is 23.2 Å². The predicted molar refractivity (Wildman–Crippen MR) is 138 cm³/mol. The maximum absolute atomic E-state index is 13.9. The molecular formula is C31H30F3N3O. The Bertz CT molecular complexity index is 1420. The fourth-order valence-corrected chi connectivity index (χ4v) is 8.24. The minimum atomic E-state index is -0.971. The van der Waals surface area contributed by atoms with E-state index in [0.29, 0.717) is 24.2 Å². The van der Waals surface area contributed by atoms with Crippen LogP contribution in [0.15, 0.2) is 36.4 Å². The van der Waals surface area contributed by atoms with E-state index in [1.54, 1.807) is 12.1 Å². The van der Waals surface area contributed by atoms with Crippen molar-refractivity contribution >= 4 is 11.7 Å². The van der Waals surface area contributed by atoms with Crippen molar-refractivity contribution in [1.82, 2.24) is 9.97 Å². The summed E-state index contributed by atoms with van der Waals surface area (Å²) in [6.45, 7) is 0. The highest BCUT2D eigenvalue weighted by atomic mass is 19.2. The van der Waals surface area contributed by atoms with Crippen molar-refractivity contribution in [3.05, 3.63) is 76.4 Å². The molecule has 1 N–H and O–H groups in total. The van der Waals surface area contributed by atoms with Gasteiger partial charge in [0.05, 0.1) is 23.5 Å². The molecule has 3 aromatic rings. The molecule has 4 saturated carbocycles. The van der Waals surface area contributed by atoms with Crippen molar-refractivity contribution in [2.45, 2.75) is 64.2 Å². The van der Waals surface area contributed by atoms with Gasteiger partial charge in [0.1, 0.15) is 5.82 Å². The molecule has 1 amide bonds. The summed E-state index contributed by atoms with van der Waals surface area (Å²) in [5.74, 6) is 0.308. The third-order valence-electron chi connectivity index (χ3n) is 9.31. The number of aryl methyl sites for hydroxylation is 2. The first-order valence-electron chi connectivity index (χ1n) is 13.7. The third kappa shape index (κ3) is 4.30. The normalized spacial score (nSPS) is 26.7. The van der Waals surface area contributed by atoms with Gasteiger partial charge in [-0.1, -0.05) is 6.07 Å². The van der Waals surface area contributed by atoms with E-state index in [2.05, 4.69) is 5.32 Å². The molecule has 0 unspecified atom stereocenters. The zero-order valence-electron chi connectivity index (χ0n) is 21.2. The van der Waals surface area contributed by atoms with Gasteiger partial charge in [-0.05, 0) is 122 Å². The lowest BCUT2D eigenvalue weighted by atomic mass is 9.48. The van der Waals surface area contributed by atoms with Crippen molar-refractivity contribution in [2.75, 3.05) is 5.32 Å². The Kier molecular flexibility index (Phi) is 5.60. The van der Waals surface area contributed by atoms with E-state index in [4.69, 9.17) is 9.97 Å². The van der Waals surface area contributed by atoms with Crippen LogP contribution < -0.4 is 5.32 Å². The number of halogens is 3. The van der Waals surface area contributed by atoms with Gasteiger partial charge < -0.3 is 5.32 Å². The van der Waals surface area contributed by atoms with Crippen molar-refractivity contribution in [1.29, 1.82) is 0 Å². The number of hydrogen-bond donors (Lipinski definition) is 1. The van der Waals surface area contributed by atoms with E-state index < -0.39 is 11.6 Å². The van der Waals surface area contributed by atoms with Gasteiger partial charge in [0.15, 0.2) is 17.5 Å². The van der Waals surface area contributed by atoms with Crippen LogP contribution in [0.25, 0.3) is 11.3 Å². The summed E-state index contributed by atoms with van der Waals surface area (Å²) in [4.78, 5) is 23.1. The Hall–Kier alpha value is -3.22. The van der Waals surface area contributed by atoms with Crippen LogP contribution in [0.4, 0.5) is 19.0 Å². The molecular weight excluding hydrogens is 487 g/mol. The Labute approximate surface area is 220 Å². The number of carbonyl (C=O) groups is 1. The smallest absolute Gasteiger partial charge is 0.229 e. The fourth-order valence-electron chi connectivity index (χ4n) is 8.24. The summed E-state index contributed by atoms with van der Waals surface area (Å²) < 4.78 is 41.0. The average Bonchev–Trinajstić information content (AvgIpc) is 2.85. The number of hydrogen-bond acceptors (Lipinski definition) is 3. The molecule has 0 radical (unpaired) electrons. The van der Waals surface area contributed by atoms with Crippen LogP contribution in [0.5, 0.6) is 0 Å². The zero-order chi connectivity index (χ0) is 26.0. The molecule has 8 rings (SSSR count). The Morgan fingerprint density at radius 1 is 0.895 bits per heavy atom. The second-order valence-corrected chi connectivity index (χ2v) is 12.2. The first-order chi connectivity index (χ1) is 18.3. The second-order valence-electron chi connectivity index (χ2n) is 12.2. The highest BCUT2D eigenvalue weighted by Crippen LogP contribution is 2.61. The van der Waals surface area contributed by atoms with E-state index in [-0.39, 0.29) is 23.6 Å². The van der Waals surface area contributed by atoms with Crippen LogP contribution in [0.2, 0.25) is 0 Å². The first kappa shape index (κ1) is 23.9. The zero-order valence-corrected chi connectivity index (χ0v) is 21.2. The van der Waals surface area contributed by atoms with Crippen LogP contribution in [0.3, 0.4) is 0 Å². The van der Waals surface area contributed by atoms with E-state index in [9.17, 15) is 18.0 Å². The third-order valence-corrected chi connectivity index (χ3v) is 9.31. The number of aromatic nitrogens is 2. The molecule has 196 valence electrons. The number of amides is 1. The number of fused-ring (bicyclic) bond motifs is 3. The Morgan fingerprint density at radius 2 is 1.63 bits per heavy atom. The number of nitrogens with one attached hydrogen (secondary N) is 1. The van der Waals surface area contributed by atoms with E-state index in [0.717, 1.165) is 64.5 Å². The lowest BCUT2D eigenvalue weighted by Gasteiger charge is -2.57. The van der Waals surface area contributed by atoms with Gasteiger partial charge in [-0.3, -0.25) is 4.79 Å². The highest BCUT2D eigenvalue weighted by Gasteiger charge is 2.51. The molecule has 1 aromatic heterocycles. The quantitative estimate of drug-likeness (QED) is 0.415.